The van der Waals surface area contributed by atoms with Crippen molar-refractivity contribution in [3.05, 3.63) is 76.9 Å². The lowest BCUT2D eigenvalue weighted by molar-refractivity contribution is 0.0265. The smallest absolute Gasteiger partial charge is 0.270 e. The van der Waals surface area contributed by atoms with Crippen molar-refractivity contribution in [3.8, 4) is 5.75 Å². The number of aromatic nitrogens is 3. The van der Waals surface area contributed by atoms with Crippen LogP contribution in [0.25, 0.3) is 0 Å². The van der Waals surface area contributed by atoms with Crippen molar-refractivity contribution in [2.75, 3.05) is 13.7 Å². The topological polar surface area (TPSA) is 107 Å². The lowest BCUT2D eigenvalue weighted by Gasteiger charge is -2.23. The van der Waals surface area contributed by atoms with E-state index in [1.807, 2.05) is 30.3 Å². The van der Waals surface area contributed by atoms with Gasteiger partial charge >= 0.3 is 0 Å². The maximum Gasteiger partial charge on any atom is 0.270 e. The highest BCUT2D eigenvalue weighted by Crippen LogP contribution is 2.24. The molecule has 2 aromatic heterocycles. The minimum atomic E-state index is -0.274. The Morgan fingerprint density at radius 1 is 1.19 bits per heavy atom. The van der Waals surface area contributed by atoms with Crippen LogP contribution in [0.3, 0.4) is 0 Å². The van der Waals surface area contributed by atoms with Gasteiger partial charge in [0.05, 0.1) is 37.3 Å². The zero-order valence-corrected chi connectivity index (χ0v) is 18.0. The van der Waals surface area contributed by atoms with Crippen LogP contribution < -0.4 is 15.4 Å². The van der Waals surface area contributed by atoms with Crippen LogP contribution >= 0.6 is 0 Å². The maximum absolute atomic E-state index is 12.9. The van der Waals surface area contributed by atoms with Crippen molar-refractivity contribution in [3.63, 3.8) is 0 Å². The molecule has 4 rings (SSSR count). The van der Waals surface area contributed by atoms with Crippen molar-refractivity contribution >= 4 is 11.8 Å². The second-order valence-electron chi connectivity index (χ2n) is 7.49. The minimum Gasteiger partial charge on any atom is -0.494 e. The molecule has 1 aliphatic heterocycles. The molecule has 0 radical (unpaired) electrons. The van der Waals surface area contributed by atoms with Crippen LogP contribution in [0.2, 0.25) is 0 Å². The number of amides is 2. The second kappa shape index (κ2) is 9.61. The zero-order valence-electron chi connectivity index (χ0n) is 18.0. The summed E-state index contributed by atoms with van der Waals surface area (Å²) in [6.07, 6.45) is 3.24. The SMILES string of the molecule is COc1cnccc1C(=O)NCC1Cc2c(nn(C)c2C(=O)NCc2ccccc2)CO1. The summed E-state index contributed by atoms with van der Waals surface area (Å²) in [6, 6.07) is 11.3. The Bertz CT molecular complexity index is 1110. The quantitative estimate of drug-likeness (QED) is 0.584. The fourth-order valence-electron chi connectivity index (χ4n) is 3.75. The van der Waals surface area contributed by atoms with Crippen LogP contribution in [0.1, 0.15) is 37.7 Å². The van der Waals surface area contributed by atoms with E-state index in [0.717, 1.165) is 16.8 Å². The Balaban J connectivity index is 1.41. The maximum atomic E-state index is 12.9. The molecule has 2 N–H and O–H groups in total. The average Bonchev–Trinajstić information content (AvgIpc) is 3.16. The molecule has 1 aromatic carbocycles. The monoisotopic (exact) mass is 435 g/mol. The molecule has 0 saturated heterocycles. The number of aryl methyl sites for hydroxylation is 1. The third-order valence-corrected chi connectivity index (χ3v) is 5.37. The van der Waals surface area contributed by atoms with Gasteiger partial charge in [0.1, 0.15) is 11.4 Å². The molecular weight excluding hydrogens is 410 g/mol. The summed E-state index contributed by atoms with van der Waals surface area (Å²) in [5.41, 5.74) is 3.54. The molecule has 9 nitrogen and oxygen atoms in total. The van der Waals surface area contributed by atoms with Gasteiger partial charge in [0.15, 0.2) is 0 Å². The number of fused-ring (bicyclic) bond motifs is 1. The fourth-order valence-corrected chi connectivity index (χ4v) is 3.75. The number of ether oxygens (including phenoxy) is 2. The summed E-state index contributed by atoms with van der Waals surface area (Å²) in [6.45, 7) is 1.02. The van der Waals surface area contributed by atoms with E-state index in [-0.39, 0.29) is 24.5 Å². The van der Waals surface area contributed by atoms with E-state index in [1.54, 1.807) is 17.8 Å². The minimum absolute atomic E-state index is 0.184. The van der Waals surface area contributed by atoms with Gasteiger partial charge in [-0.05, 0) is 11.6 Å². The van der Waals surface area contributed by atoms with Crippen LogP contribution in [0.4, 0.5) is 0 Å². The molecule has 32 heavy (non-hydrogen) atoms. The Morgan fingerprint density at radius 2 is 2.00 bits per heavy atom. The summed E-state index contributed by atoms with van der Waals surface area (Å²) in [4.78, 5) is 29.4. The first-order chi connectivity index (χ1) is 15.6. The molecule has 0 fully saturated rings. The summed E-state index contributed by atoms with van der Waals surface area (Å²) in [5, 5.41) is 10.3. The van der Waals surface area contributed by atoms with E-state index in [4.69, 9.17) is 9.47 Å². The van der Waals surface area contributed by atoms with E-state index in [1.165, 1.54) is 19.5 Å². The Hall–Kier alpha value is -3.72. The highest BCUT2D eigenvalue weighted by molar-refractivity contribution is 5.96. The van der Waals surface area contributed by atoms with Crippen LogP contribution in [-0.4, -0.2) is 46.3 Å². The molecule has 0 spiro atoms. The van der Waals surface area contributed by atoms with E-state index in [9.17, 15) is 9.59 Å². The Morgan fingerprint density at radius 3 is 2.78 bits per heavy atom. The number of methoxy groups -OCH3 is 1. The highest BCUT2D eigenvalue weighted by atomic mass is 16.5. The molecule has 0 aliphatic carbocycles. The Kier molecular flexibility index (Phi) is 6.46. The number of carbonyl (C=O) groups excluding carboxylic acids is 2. The van der Waals surface area contributed by atoms with Gasteiger partial charge in [0.25, 0.3) is 11.8 Å². The summed E-state index contributed by atoms with van der Waals surface area (Å²) in [5.74, 6) is -0.0524. The molecule has 2 amide bonds. The van der Waals surface area contributed by atoms with Gasteiger partial charge in [-0.1, -0.05) is 30.3 Å². The zero-order chi connectivity index (χ0) is 22.5. The van der Waals surface area contributed by atoms with E-state index >= 15 is 0 Å². The number of benzene rings is 1. The average molecular weight is 435 g/mol. The van der Waals surface area contributed by atoms with Gasteiger partial charge in [0.2, 0.25) is 0 Å². The van der Waals surface area contributed by atoms with Gasteiger partial charge in [-0.15, -0.1) is 0 Å². The number of nitrogens with one attached hydrogen (secondary N) is 2. The first kappa shape index (κ1) is 21.5. The van der Waals surface area contributed by atoms with E-state index < -0.39 is 0 Å². The predicted octanol–water partition coefficient (Wildman–Crippen LogP) is 1.62. The number of rotatable bonds is 7. The molecule has 1 atom stereocenters. The second-order valence-corrected chi connectivity index (χ2v) is 7.49. The van der Waals surface area contributed by atoms with Crippen molar-refractivity contribution in [2.24, 2.45) is 7.05 Å². The molecular formula is C23H25N5O4. The van der Waals surface area contributed by atoms with Gasteiger partial charge in [0, 0.05) is 38.3 Å². The van der Waals surface area contributed by atoms with Gasteiger partial charge in [-0.3, -0.25) is 19.3 Å². The van der Waals surface area contributed by atoms with Crippen molar-refractivity contribution in [1.82, 2.24) is 25.4 Å². The summed E-state index contributed by atoms with van der Waals surface area (Å²) >= 11 is 0. The van der Waals surface area contributed by atoms with Crippen molar-refractivity contribution < 1.29 is 19.1 Å². The third kappa shape index (κ3) is 4.62. The molecule has 3 heterocycles. The van der Waals surface area contributed by atoms with Crippen LogP contribution in [0, 0.1) is 0 Å². The first-order valence-corrected chi connectivity index (χ1v) is 10.3. The molecule has 9 heteroatoms. The van der Waals surface area contributed by atoms with E-state index in [0.29, 0.717) is 36.5 Å². The molecule has 0 saturated carbocycles. The Labute approximate surface area is 185 Å². The summed E-state index contributed by atoms with van der Waals surface area (Å²) < 4.78 is 12.6. The number of hydrogen-bond donors (Lipinski definition) is 2. The highest BCUT2D eigenvalue weighted by Gasteiger charge is 2.29. The number of nitrogens with zero attached hydrogens (tertiary/aromatic N) is 3. The van der Waals surface area contributed by atoms with Crippen LogP contribution in [-0.2, 0) is 31.4 Å². The lowest BCUT2D eigenvalue weighted by Crippen LogP contribution is -2.37. The van der Waals surface area contributed by atoms with Crippen molar-refractivity contribution in [1.29, 1.82) is 0 Å². The largest absolute Gasteiger partial charge is 0.494 e. The predicted molar refractivity (Wildman–Crippen MR) is 116 cm³/mol. The first-order valence-electron chi connectivity index (χ1n) is 10.3. The van der Waals surface area contributed by atoms with Crippen molar-refractivity contribution in [2.45, 2.75) is 25.7 Å². The molecule has 166 valence electrons. The third-order valence-electron chi connectivity index (χ3n) is 5.37. The van der Waals surface area contributed by atoms with Gasteiger partial charge in [-0.2, -0.15) is 5.10 Å². The molecule has 0 bridgehead atoms. The van der Waals surface area contributed by atoms with Gasteiger partial charge in [-0.25, -0.2) is 0 Å². The van der Waals surface area contributed by atoms with Crippen LogP contribution in [0.15, 0.2) is 48.8 Å². The van der Waals surface area contributed by atoms with E-state index in [2.05, 4.69) is 20.7 Å². The van der Waals surface area contributed by atoms with Crippen LogP contribution in [0.5, 0.6) is 5.75 Å². The number of carbonyl (C=O) groups is 2. The lowest BCUT2D eigenvalue weighted by atomic mass is 10.0. The standard InChI is InChI=1S/C23H25N5O4/c1-28-21(23(30)25-11-15-6-4-3-5-7-15)18-10-16(32-14-19(18)27-28)12-26-22(29)17-8-9-24-13-20(17)31-2/h3-9,13,16H,10-12,14H2,1-2H3,(H,25,30)(H,26,29). The molecule has 1 unspecified atom stereocenters. The fraction of sp³-hybridized carbons (Fsp3) is 0.304. The number of hydrogen-bond acceptors (Lipinski definition) is 6. The van der Waals surface area contributed by atoms with Gasteiger partial charge < -0.3 is 20.1 Å². The normalized spacial score (nSPS) is 15.0. The number of pyridine rings is 1. The summed E-state index contributed by atoms with van der Waals surface area (Å²) in [7, 11) is 3.24. The molecule has 1 aliphatic rings. The molecule has 3 aromatic rings.